The molecule has 13 heavy (non-hydrogen) atoms. The number of ether oxygens (including phenoxy) is 1. The lowest BCUT2D eigenvalue weighted by atomic mass is 10.2. The molecule has 0 aliphatic carbocycles. The Balaban J connectivity index is 2.82. The Kier molecular flexibility index (Phi) is 3.44. The van der Waals surface area contributed by atoms with Crippen molar-refractivity contribution in [1.82, 2.24) is 4.98 Å². The number of thiazole rings is 1. The fourth-order valence-electron chi connectivity index (χ4n) is 0.763. The van der Waals surface area contributed by atoms with Crippen molar-refractivity contribution in [3.05, 3.63) is 16.6 Å². The number of hydrogen-bond acceptors (Lipinski definition) is 4. The fraction of sp³-hybridized carbons (Fsp3) is 0.500. The van der Waals surface area contributed by atoms with Crippen LogP contribution in [0, 0.1) is 6.20 Å². The highest BCUT2D eigenvalue weighted by molar-refractivity contribution is 9.10. The molecular formula is C8H9BrNO2S. The fourth-order valence-corrected chi connectivity index (χ4v) is 1.87. The van der Waals surface area contributed by atoms with Crippen LogP contribution in [0.3, 0.4) is 0 Å². The molecule has 1 radical (unpaired) electrons. The molecule has 1 unspecified atom stereocenters. The van der Waals surface area contributed by atoms with E-state index in [1.54, 1.807) is 19.2 Å². The van der Waals surface area contributed by atoms with Crippen LogP contribution in [0.1, 0.15) is 18.9 Å². The molecule has 0 aliphatic heterocycles. The second-order valence-electron chi connectivity index (χ2n) is 2.51. The van der Waals surface area contributed by atoms with E-state index in [4.69, 9.17) is 4.74 Å². The minimum absolute atomic E-state index is 0.321. The predicted molar refractivity (Wildman–Crippen MR) is 53.9 cm³/mol. The van der Waals surface area contributed by atoms with Gasteiger partial charge in [0.25, 0.3) is 0 Å². The summed E-state index contributed by atoms with van der Waals surface area (Å²) in [5, 5.41) is 2.36. The van der Waals surface area contributed by atoms with Gasteiger partial charge in [-0.2, -0.15) is 0 Å². The first-order valence-electron chi connectivity index (χ1n) is 3.77. The van der Waals surface area contributed by atoms with E-state index in [0.29, 0.717) is 11.6 Å². The van der Waals surface area contributed by atoms with E-state index in [2.05, 4.69) is 27.1 Å². The number of carbonyl (C=O) groups excluding carboxylic acids is 1. The molecule has 0 amide bonds. The van der Waals surface area contributed by atoms with Crippen molar-refractivity contribution in [3.8, 4) is 0 Å². The topological polar surface area (TPSA) is 39.2 Å². The zero-order valence-corrected chi connectivity index (χ0v) is 9.74. The van der Waals surface area contributed by atoms with Gasteiger partial charge in [-0.1, -0.05) is 15.9 Å². The standard InChI is InChI=1S/C8H9BrNO2S/c1-3-12-7(11)8(2,9)6-10-4-5-13-6/h5H,3H2,1-2H3. The number of nitrogens with zero attached hydrogens (tertiary/aromatic N) is 1. The van der Waals surface area contributed by atoms with Crippen molar-refractivity contribution in [1.29, 1.82) is 0 Å². The molecule has 0 N–H and O–H groups in total. The molecule has 0 spiro atoms. The Bertz CT molecular complexity index is 284. The first-order valence-corrected chi connectivity index (χ1v) is 5.44. The minimum Gasteiger partial charge on any atom is -0.465 e. The van der Waals surface area contributed by atoms with E-state index < -0.39 is 4.32 Å². The predicted octanol–water partition coefficient (Wildman–Crippen LogP) is 2.12. The van der Waals surface area contributed by atoms with E-state index >= 15 is 0 Å². The first kappa shape index (κ1) is 10.7. The largest absolute Gasteiger partial charge is 0.465 e. The zero-order valence-electron chi connectivity index (χ0n) is 7.33. The van der Waals surface area contributed by atoms with Crippen molar-refractivity contribution >= 4 is 33.2 Å². The van der Waals surface area contributed by atoms with Crippen LogP contribution >= 0.6 is 27.3 Å². The summed E-state index contributed by atoms with van der Waals surface area (Å²) in [4.78, 5) is 15.4. The number of rotatable bonds is 3. The van der Waals surface area contributed by atoms with Crippen molar-refractivity contribution in [3.63, 3.8) is 0 Å². The first-order chi connectivity index (χ1) is 6.09. The minimum atomic E-state index is -0.840. The maximum atomic E-state index is 11.4. The van der Waals surface area contributed by atoms with E-state index in [1.165, 1.54) is 11.3 Å². The van der Waals surface area contributed by atoms with Gasteiger partial charge in [-0.25, -0.2) is 4.98 Å². The Labute approximate surface area is 89.3 Å². The van der Waals surface area contributed by atoms with E-state index in [1.807, 2.05) is 0 Å². The molecule has 1 aromatic heterocycles. The lowest BCUT2D eigenvalue weighted by molar-refractivity contribution is -0.145. The number of aromatic nitrogens is 1. The van der Waals surface area contributed by atoms with Crippen LogP contribution in [-0.4, -0.2) is 17.6 Å². The van der Waals surface area contributed by atoms with Crippen molar-refractivity contribution in [2.24, 2.45) is 0 Å². The van der Waals surface area contributed by atoms with Gasteiger partial charge in [-0.3, -0.25) is 4.79 Å². The van der Waals surface area contributed by atoms with Gasteiger partial charge in [0.05, 0.1) is 6.61 Å². The summed E-state index contributed by atoms with van der Waals surface area (Å²) >= 11 is 4.66. The van der Waals surface area contributed by atoms with Crippen LogP contribution in [0.4, 0.5) is 0 Å². The number of halogens is 1. The van der Waals surface area contributed by atoms with Crippen LogP contribution in [0.5, 0.6) is 0 Å². The van der Waals surface area contributed by atoms with Gasteiger partial charge in [0.2, 0.25) is 0 Å². The maximum absolute atomic E-state index is 11.4. The summed E-state index contributed by atoms with van der Waals surface area (Å²) in [6.45, 7) is 3.86. The van der Waals surface area contributed by atoms with Gasteiger partial charge >= 0.3 is 5.97 Å². The van der Waals surface area contributed by atoms with Gasteiger partial charge < -0.3 is 4.74 Å². The summed E-state index contributed by atoms with van der Waals surface area (Å²) in [6, 6.07) is 0. The summed E-state index contributed by atoms with van der Waals surface area (Å²) in [5.74, 6) is -0.321. The highest BCUT2D eigenvalue weighted by Crippen LogP contribution is 2.33. The lowest BCUT2D eigenvalue weighted by Crippen LogP contribution is -2.27. The normalized spacial score (nSPS) is 15.0. The quantitative estimate of drug-likeness (QED) is 0.619. The number of alkyl halides is 1. The SMILES string of the molecule is CCOC(=O)C(C)(Br)c1n[c]cs1. The number of esters is 1. The number of hydrogen-bond donors (Lipinski definition) is 0. The molecule has 1 atom stereocenters. The molecule has 5 heteroatoms. The Morgan fingerprint density at radius 2 is 2.62 bits per heavy atom. The molecule has 0 aliphatic rings. The molecule has 0 fully saturated rings. The van der Waals surface area contributed by atoms with Gasteiger partial charge in [0.15, 0.2) is 4.32 Å². The summed E-state index contributed by atoms with van der Waals surface area (Å²) in [5.41, 5.74) is 0. The van der Waals surface area contributed by atoms with Gasteiger partial charge in [0, 0.05) is 5.38 Å². The van der Waals surface area contributed by atoms with Crippen LogP contribution in [0.2, 0.25) is 0 Å². The number of carbonyl (C=O) groups is 1. The van der Waals surface area contributed by atoms with Gasteiger partial charge in [0.1, 0.15) is 11.2 Å². The second kappa shape index (κ2) is 4.19. The molecular weight excluding hydrogens is 254 g/mol. The average molecular weight is 263 g/mol. The maximum Gasteiger partial charge on any atom is 0.329 e. The zero-order chi connectivity index (χ0) is 9.90. The van der Waals surface area contributed by atoms with Crippen LogP contribution in [-0.2, 0) is 13.9 Å². The Morgan fingerprint density at radius 1 is 1.92 bits per heavy atom. The van der Waals surface area contributed by atoms with Crippen LogP contribution in [0.25, 0.3) is 0 Å². The van der Waals surface area contributed by atoms with Crippen molar-refractivity contribution in [2.45, 2.75) is 18.2 Å². The Morgan fingerprint density at radius 3 is 3.08 bits per heavy atom. The van der Waals surface area contributed by atoms with Crippen LogP contribution in [0.15, 0.2) is 5.38 Å². The summed E-state index contributed by atoms with van der Waals surface area (Å²) in [7, 11) is 0. The molecule has 0 bridgehead atoms. The molecule has 0 saturated carbocycles. The van der Waals surface area contributed by atoms with Crippen molar-refractivity contribution in [2.75, 3.05) is 6.61 Å². The molecule has 0 aromatic carbocycles. The molecule has 1 heterocycles. The highest BCUT2D eigenvalue weighted by Gasteiger charge is 2.36. The molecule has 3 nitrogen and oxygen atoms in total. The van der Waals surface area contributed by atoms with Gasteiger partial charge in [-0.05, 0) is 13.8 Å². The summed E-state index contributed by atoms with van der Waals surface area (Å²) in [6.07, 6.45) is 2.66. The van der Waals surface area contributed by atoms with Gasteiger partial charge in [-0.15, -0.1) is 11.3 Å². The molecule has 71 valence electrons. The molecule has 0 saturated heterocycles. The Hall–Kier alpha value is -0.420. The highest BCUT2D eigenvalue weighted by atomic mass is 79.9. The third kappa shape index (κ3) is 2.28. The third-order valence-electron chi connectivity index (χ3n) is 1.45. The molecule has 1 aromatic rings. The van der Waals surface area contributed by atoms with E-state index in [-0.39, 0.29) is 5.97 Å². The van der Waals surface area contributed by atoms with E-state index in [9.17, 15) is 4.79 Å². The van der Waals surface area contributed by atoms with E-state index in [0.717, 1.165) is 0 Å². The van der Waals surface area contributed by atoms with Crippen LogP contribution < -0.4 is 0 Å². The third-order valence-corrected chi connectivity index (χ3v) is 3.36. The summed E-state index contributed by atoms with van der Waals surface area (Å²) < 4.78 is 4.06. The monoisotopic (exact) mass is 262 g/mol. The second-order valence-corrected chi connectivity index (χ2v) is 4.95. The smallest absolute Gasteiger partial charge is 0.329 e. The van der Waals surface area contributed by atoms with Crippen molar-refractivity contribution < 1.29 is 9.53 Å². The lowest BCUT2D eigenvalue weighted by Gasteiger charge is -2.16. The molecule has 1 rings (SSSR count). The average Bonchev–Trinajstić information content (AvgIpc) is 2.56.